The van der Waals surface area contributed by atoms with E-state index in [1.807, 2.05) is 37.4 Å². The zero-order valence-electron chi connectivity index (χ0n) is 19.1. The Bertz CT molecular complexity index is 732. The SMILES string of the molecule is CN(CCC1CCOCC1)Cc1ccc(OCC(O)CN(C)Cc2ccccc2)cc1. The molecule has 2 aromatic carbocycles. The van der Waals surface area contributed by atoms with E-state index in [1.54, 1.807) is 0 Å². The van der Waals surface area contributed by atoms with Gasteiger partial charge >= 0.3 is 0 Å². The molecule has 5 nitrogen and oxygen atoms in total. The van der Waals surface area contributed by atoms with Crippen LogP contribution >= 0.6 is 0 Å². The summed E-state index contributed by atoms with van der Waals surface area (Å²) in [6, 6.07) is 18.5. The van der Waals surface area contributed by atoms with E-state index in [0.29, 0.717) is 13.2 Å². The molecule has 1 heterocycles. The molecule has 2 aromatic rings. The normalized spacial score (nSPS) is 16.0. The largest absolute Gasteiger partial charge is 0.491 e. The topological polar surface area (TPSA) is 45.2 Å². The van der Waals surface area contributed by atoms with Gasteiger partial charge in [0.15, 0.2) is 0 Å². The van der Waals surface area contributed by atoms with Gasteiger partial charge in [-0.05, 0) is 69.1 Å². The molecule has 0 radical (unpaired) electrons. The molecule has 1 atom stereocenters. The molecule has 1 unspecified atom stereocenters. The first-order chi connectivity index (χ1) is 15.1. The predicted molar refractivity (Wildman–Crippen MR) is 125 cm³/mol. The zero-order valence-corrected chi connectivity index (χ0v) is 19.1. The van der Waals surface area contributed by atoms with Crippen molar-refractivity contribution in [1.29, 1.82) is 0 Å². The maximum atomic E-state index is 10.3. The lowest BCUT2D eigenvalue weighted by Gasteiger charge is -2.25. The predicted octanol–water partition coefficient (Wildman–Crippen LogP) is 3.81. The molecule has 1 N–H and O–H groups in total. The average molecular weight is 427 g/mol. The molecule has 1 saturated heterocycles. The van der Waals surface area contributed by atoms with Crippen molar-refractivity contribution in [2.45, 2.75) is 38.5 Å². The Hall–Kier alpha value is -1.92. The molecule has 3 rings (SSSR count). The standard InChI is InChI=1S/C26H38N2O3/c1-27(15-12-22-13-16-30-17-14-22)18-24-8-10-26(11-9-24)31-21-25(29)20-28(2)19-23-6-4-3-5-7-23/h3-11,22,25,29H,12-21H2,1-2H3. The maximum absolute atomic E-state index is 10.3. The molecule has 1 aliphatic heterocycles. The van der Waals surface area contributed by atoms with Crippen molar-refractivity contribution < 1.29 is 14.6 Å². The van der Waals surface area contributed by atoms with Gasteiger partial charge in [-0.3, -0.25) is 4.90 Å². The molecule has 0 spiro atoms. The van der Waals surface area contributed by atoms with Gasteiger partial charge in [-0.2, -0.15) is 0 Å². The molecular weight excluding hydrogens is 388 g/mol. The summed E-state index contributed by atoms with van der Waals surface area (Å²) in [4.78, 5) is 4.50. The minimum absolute atomic E-state index is 0.295. The first-order valence-corrected chi connectivity index (χ1v) is 11.5. The van der Waals surface area contributed by atoms with Crippen LogP contribution in [0.4, 0.5) is 0 Å². The second-order valence-electron chi connectivity index (χ2n) is 8.87. The Morgan fingerprint density at radius 1 is 0.935 bits per heavy atom. The van der Waals surface area contributed by atoms with Gasteiger partial charge in [0.1, 0.15) is 18.5 Å². The fourth-order valence-electron chi connectivity index (χ4n) is 4.08. The molecule has 31 heavy (non-hydrogen) atoms. The minimum atomic E-state index is -0.523. The number of benzene rings is 2. The monoisotopic (exact) mass is 426 g/mol. The van der Waals surface area contributed by atoms with Crippen molar-refractivity contribution in [2.24, 2.45) is 5.92 Å². The van der Waals surface area contributed by atoms with Crippen LogP contribution in [0.1, 0.15) is 30.4 Å². The third kappa shape index (κ3) is 8.99. The Labute approximate surface area is 187 Å². The number of ether oxygens (including phenoxy) is 2. The van der Waals surface area contributed by atoms with Gasteiger partial charge in [0.2, 0.25) is 0 Å². The summed E-state index contributed by atoms with van der Waals surface area (Å²) in [6.07, 6.45) is 3.13. The highest BCUT2D eigenvalue weighted by Crippen LogP contribution is 2.19. The summed E-state index contributed by atoms with van der Waals surface area (Å²) in [5, 5.41) is 10.3. The van der Waals surface area contributed by atoms with Crippen LogP contribution in [0.15, 0.2) is 54.6 Å². The Morgan fingerprint density at radius 2 is 1.58 bits per heavy atom. The van der Waals surface area contributed by atoms with E-state index in [0.717, 1.165) is 44.5 Å². The van der Waals surface area contributed by atoms with Crippen molar-refractivity contribution >= 4 is 0 Å². The van der Waals surface area contributed by atoms with E-state index in [1.165, 1.54) is 30.4 Å². The third-order valence-electron chi connectivity index (χ3n) is 5.90. The van der Waals surface area contributed by atoms with Crippen LogP contribution in [0.3, 0.4) is 0 Å². The molecule has 0 saturated carbocycles. The molecule has 0 aromatic heterocycles. The Morgan fingerprint density at radius 3 is 2.29 bits per heavy atom. The number of hydrogen-bond acceptors (Lipinski definition) is 5. The lowest BCUT2D eigenvalue weighted by molar-refractivity contribution is 0.0608. The van der Waals surface area contributed by atoms with Crippen LogP contribution in [0.5, 0.6) is 5.75 Å². The Kier molecular flexibility index (Phi) is 9.82. The quantitative estimate of drug-likeness (QED) is 0.559. The first kappa shape index (κ1) is 23.7. The lowest BCUT2D eigenvalue weighted by atomic mass is 9.96. The van der Waals surface area contributed by atoms with Crippen LogP contribution in [-0.4, -0.2) is 68.0 Å². The summed E-state index contributed by atoms with van der Waals surface area (Å²) in [5.41, 5.74) is 2.52. The van der Waals surface area contributed by atoms with Crippen molar-refractivity contribution in [2.75, 3.05) is 47.0 Å². The second-order valence-corrected chi connectivity index (χ2v) is 8.87. The van der Waals surface area contributed by atoms with Crippen LogP contribution in [0.25, 0.3) is 0 Å². The number of rotatable bonds is 12. The fourth-order valence-corrected chi connectivity index (χ4v) is 4.08. The lowest BCUT2D eigenvalue weighted by Crippen LogP contribution is -2.32. The number of aliphatic hydroxyl groups excluding tert-OH is 1. The molecule has 1 fully saturated rings. The summed E-state index contributed by atoms with van der Waals surface area (Å²) in [6.45, 7) is 5.59. The summed E-state index contributed by atoms with van der Waals surface area (Å²) >= 11 is 0. The highest BCUT2D eigenvalue weighted by molar-refractivity contribution is 5.27. The number of hydrogen-bond donors (Lipinski definition) is 1. The van der Waals surface area contributed by atoms with Gasteiger partial charge in [0.25, 0.3) is 0 Å². The molecule has 1 aliphatic rings. The van der Waals surface area contributed by atoms with Crippen LogP contribution in [0.2, 0.25) is 0 Å². The van der Waals surface area contributed by atoms with Gasteiger partial charge in [0.05, 0.1) is 0 Å². The fraction of sp³-hybridized carbons (Fsp3) is 0.538. The number of likely N-dealkylation sites (N-methyl/N-ethyl adjacent to an activating group) is 1. The highest BCUT2D eigenvalue weighted by atomic mass is 16.5. The maximum Gasteiger partial charge on any atom is 0.119 e. The van der Waals surface area contributed by atoms with Gasteiger partial charge in [-0.1, -0.05) is 42.5 Å². The second kappa shape index (κ2) is 12.8. The molecule has 0 aliphatic carbocycles. The Balaban J connectivity index is 1.33. The summed E-state index contributed by atoms with van der Waals surface area (Å²) < 4.78 is 11.3. The van der Waals surface area contributed by atoms with Crippen molar-refractivity contribution in [3.8, 4) is 5.75 Å². The van der Waals surface area contributed by atoms with Crippen molar-refractivity contribution in [3.63, 3.8) is 0 Å². The van der Waals surface area contributed by atoms with Crippen LogP contribution < -0.4 is 4.74 Å². The van der Waals surface area contributed by atoms with Crippen molar-refractivity contribution in [1.82, 2.24) is 9.80 Å². The van der Waals surface area contributed by atoms with E-state index in [4.69, 9.17) is 9.47 Å². The number of aliphatic hydroxyl groups is 1. The van der Waals surface area contributed by atoms with E-state index in [2.05, 4.69) is 41.1 Å². The third-order valence-corrected chi connectivity index (χ3v) is 5.90. The molecule has 170 valence electrons. The van der Waals surface area contributed by atoms with Gasteiger partial charge in [0, 0.05) is 32.8 Å². The van der Waals surface area contributed by atoms with E-state index < -0.39 is 6.10 Å². The smallest absolute Gasteiger partial charge is 0.119 e. The molecule has 5 heteroatoms. The van der Waals surface area contributed by atoms with Gasteiger partial charge < -0.3 is 19.5 Å². The first-order valence-electron chi connectivity index (χ1n) is 11.5. The number of nitrogens with zero attached hydrogens (tertiary/aromatic N) is 2. The van der Waals surface area contributed by atoms with E-state index in [9.17, 15) is 5.11 Å². The zero-order chi connectivity index (χ0) is 21.9. The van der Waals surface area contributed by atoms with E-state index >= 15 is 0 Å². The summed E-state index contributed by atoms with van der Waals surface area (Å²) in [7, 11) is 4.20. The van der Waals surface area contributed by atoms with Crippen molar-refractivity contribution in [3.05, 3.63) is 65.7 Å². The summed E-state index contributed by atoms with van der Waals surface area (Å²) in [5.74, 6) is 1.61. The molecular formula is C26H38N2O3. The van der Waals surface area contributed by atoms with Crippen LogP contribution in [-0.2, 0) is 17.8 Å². The minimum Gasteiger partial charge on any atom is -0.491 e. The molecule has 0 amide bonds. The molecule has 0 bridgehead atoms. The van der Waals surface area contributed by atoms with E-state index in [-0.39, 0.29) is 0 Å². The van der Waals surface area contributed by atoms with Gasteiger partial charge in [-0.25, -0.2) is 0 Å². The van der Waals surface area contributed by atoms with Crippen LogP contribution in [0, 0.1) is 5.92 Å². The average Bonchev–Trinajstić information content (AvgIpc) is 2.78. The highest BCUT2D eigenvalue weighted by Gasteiger charge is 2.14. The van der Waals surface area contributed by atoms with Gasteiger partial charge in [-0.15, -0.1) is 0 Å².